The molecular weight excluding hydrogens is 391 g/mol. The second-order valence-corrected chi connectivity index (χ2v) is 10.1. The number of rotatable bonds is 11. The molecule has 0 atom stereocenters. The summed E-state index contributed by atoms with van der Waals surface area (Å²) in [6.07, 6.45) is 11.8. The standard InChI is InChI=1S/C20H31F3NO3S/c21-20(22,23)28-24(26)7-5-3-1-2-4-6-8-27-18(25)19-12-15-9-16(13-19)11-17(10-15)14-19/h15-17H,1-14H2/q-1. The van der Waals surface area contributed by atoms with Crippen LogP contribution in [0.15, 0.2) is 0 Å². The van der Waals surface area contributed by atoms with Gasteiger partial charge in [-0.1, -0.05) is 25.7 Å². The highest BCUT2D eigenvalue weighted by Gasteiger charge is 2.55. The molecule has 28 heavy (non-hydrogen) atoms. The summed E-state index contributed by atoms with van der Waals surface area (Å²) >= 11 is -0.616. The van der Waals surface area contributed by atoms with Crippen LogP contribution in [0.4, 0.5) is 13.2 Å². The minimum absolute atomic E-state index is 0.00387. The maximum atomic E-state index is 12.7. The van der Waals surface area contributed by atoms with E-state index in [9.17, 15) is 23.2 Å². The Bertz CT molecular complexity index is 494. The monoisotopic (exact) mass is 422 g/mol. The molecule has 4 bridgehead atoms. The molecule has 0 unspecified atom stereocenters. The van der Waals surface area contributed by atoms with Gasteiger partial charge < -0.3 is 14.4 Å². The predicted molar refractivity (Wildman–Crippen MR) is 103 cm³/mol. The minimum Gasteiger partial charge on any atom is -0.775 e. The van der Waals surface area contributed by atoms with Crippen molar-refractivity contribution in [2.75, 3.05) is 13.2 Å². The van der Waals surface area contributed by atoms with Crippen molar-refractivity contribution in [1.82, 2.24) is 4.47 Å². The lowest BCUT2D eigenvalue weighted by atomic mass is 9.49. The van der Waals surface area contributed by atoms with Gasteiger partial charge in [0.05, 0.1) is 12.0 Å². The second-order valence-electron chi connectivity index (χ2n) is 9.05. The van der Waals surface area contributed by atoms with E-state index in [2.05, 4.69) is 0 Å². The lowest BCUT2D eigenvalue weighted by molar-refractivity contribution is -0.171. The van der Waals surface area contributed by atoms with E-state index in [-0.39, 0.29) is 22.4 Å². The Kier molecular flexibility index (Phi) is 7.59. The highest BCUT2D eigenvalue weighted by Crippen LogP contribution is 2.60. The highest BCUT2D eigenvalue weighted by atomic mass is 32.2. The molecule has 0 radical (unpaired) electrons. The number of alkyl halides is 3. The largest absolute Gasteiger partial charge is 0.775 e. The Morgan fingerprint density at radius 3 is 2.00 bits per heavy atom. The normalized spacial score (nSPS) is 31.5. The van der Waals surface area contributed by atoms with Crippen LogP contribution in [0.25, 0.3) is 0 Å². The highest BCUT2D eigenvalue weighted by molar-refractivity contribution is 7.97. The third-order valence-electron chi connectivity index (χ3n) is 6.64. The molecule has 162 valence electrons. The number of unbranched alkanes of at least 4 members (excludes halogenated alkanes) is 5. The maximum Gasteiger partial charge on any atom is 0.455 e. The summed E-state index contributed by atoms with van der Waals surface area (Å²) in [6.45, 7) is 0.365. The summed E-state index contributed by atoms with van der Waals surface area (Å²) in [4.78, 5) is 12.7. The van der Waals surface area contributed by atoms with Crippen LogP contribution < -0.4 is 0 Å². The van der Waals surface area contributed by atoms with Crippen LogP contribution in [0, 0.1) is 28.4 Å². The molecule has 0 aromatic heterocycles. The number of halogens is 3. The minimum atomic E-state index is -4.50. The van der Waals surface area contributed by atoms with Crippen molar-refractivity contribution in [2.24, 2.45) is 23.2 Å². The van der Waals surface area contributed by atoms with Gasteiger partial charge in [-0.25, -0.2) is 0 Å². The molecule has 0 N–H and O–H groups in total. The number of hydroxylamine groups is 1. The van der Waals surface area contributed by atoms with Crippen LogP contribution in [0.1, 0.15) is 77.0 Å². The fourth-order valence-corrected chi connectivity index (χ4v) is 6.34. The Hall–Kier alpha value is -0.470. The summed E-state index contributed by atoms with van der Waals surface area (Å²) < 4.78 is 41.7. The van der Waals surface area contributed by atoms with E-state index in [0.29, 0.717) is 13.0 Å². The van der Waals surface area contributed by atoms with E-state index in [0.717, 1.165) is 69.1 Å². The number of esters is 1. The van der Waals surface area contributed by atoms with Crippen LogP contribution in [0.5, 0.6) is 0 Å². The van der Waals surface area contributed by atoms with Crippen LogP contribution >= 0.6 is 11.9 Å². The molecule has 4 aliphatic rings. The first-order chi connectivity index (χ1) is 13.3. The summed E-state index contributed by atoms with van der Waals surface area (Å²) in [5.41, 5.74) is -4.69. The average Bonchev–Trinajstić information content (AvgIpc) is 2.57. The Labute approximate surface area is 169 Å². The number of hydrogen-bond donors (Lipinski definition) is 0. The Morgan fingerprint density at radius 1 is 0.964 bits per heavy atom. The van der Waals surface area contributed by atoms with Crippen molar-refractivity contribution in [3.05, 3.63) is 5.21 Å². The zero-order valence-electron chi connectivity index (χ0n) is 16.3. The van der Waals surface area contributed by atoms with Gasteiger partial charge in [0.15, 0.2) is 0 Å². The molecule has 4 fully saturated rings. The Balaban J connectivity index is 1.20. The van der Waals surface area contributed by atoms with E-state index in [1.165, 1.54) is 19.3 Å². The second kappa shape index (κ2) is 9.56. The molecule has 4 rings (SSSR count). The quantitative estimate of drug-likeness (QED) is 0.175. The first-order valence-corrected chi connectivity index (χ1v) is 11.4. The van der Waals surface area contributed by atoms with Crippen molar-refractivity contribution >= 4 is 17.9 Å². The van der Waals surface area contributed by atoms with E-state index in [4.69, 9.17) is 4.74 Å². The molecule has 4 nitrogen and oxygen atoms in total. The number of carbonyl (C=O) groups is 1. The van der Waals surface area contributed by atoms with Gasteiger partial charge in [-0.05, 0) is 75.7 Å². The molecular formula is C20H31F3NO3S-. The smallest absolute Gasteiger partial charge is 0.455 e. The first kappa shape index (κ1) is 22.2. The molecule has 0 aromatic carbocycles. The van der Waals surface area contributed by atoms with Crippen LogP contribution in [0.3, 0.4) is 0 Å². The van der Waals surface area contributed by atoms with Gasteiger partial charge in [-0.3, -0.25) is 4.79 Å². The lowest BCUT2D eigenvalue weighted by Gasteiger charge is -2.55. The van der Waals surface area contributed by atoms with E-state index >= 15 is 0 Å². The summed E-state index contributed by atoms with van der Waals surface area (Å²) in [5, 5.41) is 11.0. The summed E-state index contributed by atoms with van der Waals surface area (Å²) in [5.74, 6) is 2.24. The van der Waals surface area contributed by atoms with Gasteiger partial charge in [0.1, 0.15) is 0 Å². The molecule has 4 saturated carbocycles. The zero-order valence-corrected chi connectivity index (χ0v) is 17.2. The SMILES string of the molecule is O=C(OCCCCCCCCN([O-])SC(F)(F)F)C12CC3CC(CC(C3)C1)C2. The molecule has 4 aliphatic carbocycles. The average molecular weight is 423 g/mol. The van der Waals surface area contributed by atoms with Crippen LogP contribution in [-0.4, -0.2) is 29.1 Å². The molecule has 0 aromatic rings. The van der Waals surface area contributed by atoms with Crippen molar-refractivity contribution < 1.29 is 22.7 Å². The lowest BCUT2D eigenvalue weighted by Crippen LogP contribution is -2.50. The fraction of sp³-hybridized carbons (Fsp3) is 0.950. The molecule has 0 aliphatic heterocycles. The van der Waals surface area contributed by atoms with E-state index < -0.39 is 17.5 Å². The van der Waals surface area contributed by atoms with Crippen molar-refractivity contribution in [2.45, 2.75) is 82.6 Å². The van der Waals surface area contributed by atoms with Crippen molar-refractivity contribution in [3.8, 4) is 0 Å². The van der Waals surface area contributed by atoms with Gasteiger partial charge in [0, 0.05) is 11.9 Å². The van der Waals surface area contributed by atoms with Gasteiger partial charge >= 0.3 is 11.5 Å². The number of ether oxygens (including phenoxy) is 1. The molecule has 0 amide bonds. The number of carbonyl (C=O) groups excluding carboxylic acids is 1. The molecule has 8 heteroatoms. The molecule has 0 spiro atoms. The summed E-state index contributed by atoms with van der Waals surface area (Å²) in [7, 11) is 0. The van der Waals surface area contributed by atoms with Gasteiger partial charge in [0.25, 0.3) is 0 Å². The molecule has 0 heterocycles. The van der Waals surface area contributed by atoms with Crippen LogP contribution in [0.2, 0.25) is 0 Å². The van der Waals surface area contributed by atoms with E-state index in [1.54, 1.807) is 0 Å². The number of nitrogens with zero attached hydrogens (tertiary/aromatic N) is 1. The zero-order chi connectivity index (χ0) is 20.2. The first-order valence-electron chi connectivity index (χ1n) is 10.6. The van der Waals surface area contributed by atoms with Crippen LogP contribution in [-0.2, 0) is 9.53 Å². The van der Waals surface area contributed by atoms with Gasteiger partial charge in [0.2, 0.25) is 0 Å². The predicted octanol–water partition coefficient (Wildman–Crippen LogP) is 6.05. The van der Waals surface area contributed by atoms with Gasteiger partial charge in [-0.2, -0.15) is 13.2 Å². The topological polar surface area (TPSA) is 52.6 Å². The fourth-order valence-electron chi connectivity index (χ4n) is 5.89. The third kappa shape index (κ3) is 6.26. The van der Waals surface area contributed by atoms with Crippen molar-refractivity contribution in [3.63, 3.8) is 0 Å². The maximum absolute atomic E-state index is 12.7. The van der Waals surface area contributed by atoms with E-state index in [1.807, 2.05) is 0 Å². The number of hydrogen-bond acceptors (Lipinski definition) is 5. The van der Waals surface area contributed by atoms with Crippen molar-refractivity contribution in [1.29, 1.82) is 0 Å². The summed E-state index contributed by atoms with van der Waals surface area (Å²) in [6, 6.07) is 0. The molecule has 0 saturated heterocycles. The van der Waals surface area contributed by atoms with Gasteiger partial charge in [-0.15, -0.1) is 0 Å². The third-order valence-corrected chi connectivity index (χ3v) is 7.24. The Morgan fingerprint density at radius 2 is 1.46 bits per heavy atom.